The van der Waals surface area contributed by atoms with Gasteiger partial charge in [0.25, 0.3) is 0 Å². The molecule has 0 aromatic heterocycles. The van der Waals surface area contributed by atoms with Crippen LogP contribution in [0.5, 0.6) is 0 Å². The molecule has 1 fully saturated rings. The summed E-state index contributed by atoms with van der Waals surface area (Å²) in [5.41, 5.74) is 9.22. The maximum absolute atomic E-state index is 6.43. The van der Waals surface area contributed by atoms with Gasteiger partial charge >= 0.3 is 0 Å². The Morgan fingerprint density at radius 2 is 2.27 bits per heavy atom. The number of aryl methyl sites for hydroxylation is 1. The standard InChI is InChI=1S/C14H21N/c1-11-4-3-5-13(8-11)10-14(15)7-6-12(2)9-14/h3-5,8,12H,6-7,9-10,15H2,1-2H3. The second-order valence-corrected chi connectivity index (χ2v) is 5.38. The zero-order valence-corrected chi connectivity index (χ0v) is 9.79. The van der Waals surface area contributed by atoms with Crippen LogP contribution in [0.4, 0.5) is 0 Å². The molecule has 1 nitrogen and oxygen atoms in total. The third-order valence-corrected chi connectivity index (χ3v) is 3.53. The van der Waals surface area contributed by atoms with Crippen LogP contribution in [0.1, 0.15) is 37.3 Å². The van der Waals surface area contributed by atoms with Crippen molar-refractivity contribution in [3.05, 3.63) is 35.4 Å². The lowest BCUT2D eigenvalue weighted by atomic mass is 9.89. The van der Waals surface area contributed by atoms with Crippen LogP contribution in [0.3, 0.4) is 0 Å². The van der Waals surface area contributed by atoms with Gasteiger partial charge in [-0.2, -0.15) is 0 Å². The molecule has 1 heteroatoms. The van der Waals surface area contributed by atoms with E-state index >= 15 is 0 Å². The Morgan fingerprint density at radius 1 is 1.47 bits per heavy atom. The van der Waals surface area contributed by atoms with Gasteiger partial charge in [-0.1, -0.05) is 36.8 Å². The van der Waals surface area contributed by atoms with E-state index in [9.17, 15) is 0 Å². The highest BCUT2D eigenvalue weighted by Gasteiger charge is 2.33. The predicted octanol–water partition coefficient (Wildman–Crippen LogP) is 3.06. The van der Waals surface area contributed by atoms with Crippen LogP contribution >= 0.6 is 0 Å². The third kappa shape index (κ3) is 2.60. The van der Waals surface area contributed by atoms with Crippen LogP contribution in [-0.2, 0) is 6.42 Å². The first-order valence-corrected chi connectivity index (χ1v) is 5.92. The highest BCUT2D eigenvalue weighted by Crippen LogP contribution is 2.34. The van der Waals surface area contributed by atoms with E-state index in [4.69, 9.17) is 5.73 Å². The van der Waals surface area contributed by atoms with Gasteiger partial charge in [-0.15, -0.1) is 0 Å². The Labute approximate surface area is 92.7 Å². The lowest BCUT2D eigenvalue weighted by Gasteiger charge is -2.24. The molecule has 0 spiro atoms. The molecule has 2 rings (SSSR count). The van der Waals surface area contributed by atoms with Gasteiger partial charge in [0.05, 0.1) is 0 Å². The first kappa shape index (κ1) is 10.7. The van der Waals surface area contributed by atoms with Crippen molar-refractivity contribution in [2.45, 2.75) is 45.1 Å². The normalized spacial score (nSPS) is 30.7. The van der Waals surface area contributed by atoms with E-state index in [1.165, 1.54) is 30.4 Å². The Hall–Kier alpha value is -0.820. The van der Waals surface area contributed by atoms with Gasteiger partial charge in [-0.25, -0.2) is 0 Å². The third-order valence-electron chi connectivity index (χ3n) is 3.53. The largest absolute Gasteiger partial charge is 0.325 e. The van der Waals surface area contributed by atoms with Crippen LogP contribution in [0.2, 0.25) is 0 Å². The molecular weight excluding hydrogens is 182 g/mol. The highest BCUT2D eigenvalue weighted by atomic mass is 14.8. The van der Waals surface area contributed by atoms with E-state index < -0.39 is 0 Å². The van der Waals surface area contributed by atoms with Gasteiger partial charge in [0.15, 0.2) is 0 Å². The highest BCUT2D eigenvalue weighted by molar-refractivity contribution is 5.24. The molecule has 2 unspecified atom stereocenters. The molecule has 0 saturated heterocycles. The molecule has 1 aromatic carbocycles. The van der Waals surface area contributed by atoms with Crippen molar-refractivity contribution in [1.29, 1.82) is 0 Å². The molecule has 1 aliphatic rings. The molecule has 0 bridgehead atoms. The van der Waals surface area contributed by atoms with E-state index in [1.54, 1.807) is 0 Å². The topological polar surface area (TPSA) is 26.0 Å². The molecule has 0 amide bonds. The van der Waals surface area contributed by atoms with Gasteiger partial charge in [0.1, 0.15) is 0 Å². The molecule has 0 aliphatic heterocycles. The fourth-order valence-electron chi connectivity index (χ4n) is 2.82. The van der Waals surface area contributed by atoms with Crippen molar-refractivity contribution in [1.82, 2.24) is 0 Å². The molecule has 1 aliphatic carbocycles. The Bertz CT molecular complexity index is 345. The summed E-state index contributed by atoms with van der Waals surface area (Å²) in [6.07, 6.45) is 4.70. The van der Waals surface area contributed by atoms with Crippen molar-refractivity contribution >= 4 is 0 Å². The van der Waals surface area contributed by atoms with Crippen LogP contribution in [0.25, 0.3) is 0 Å². The molecule has 2 atom stereocenters. The summed E-state index contributed by atoms with van der Waals surface area (Å²) < 4.78 is 0. The summed E-state index contributed by atoms with van der Waals surface area (Å²) in [4.78, 5) is 0. The fourth-order valence-corrected chi connectivity index (χ4v) is 2.82. The first-order valence-electron chi connectivity index (χ1n) is 5.92. The van der Waals surface area contributed by atoms with E-state index in [1.807, 2.05) is 0 Å². The van der Waals surface area contributed by atoms with Gasteiger partial charge in [0.2, 0.25) is 0 Å². The van der Waals surface area contributed by atoms with Crippen molar-refractivity contribution in [2.24, 2.45) is 11.7 Å². The van der Waals surface area contributed by atoms with Crippen molar-refractivity contribution in [2.75, 3.05) is 0 Å². The summed E-state index contributed by atoms with van der Waals surface area (Å²) in [5, 5.41) is 0. The molecule has 0 radical (unpaired) electrons. The molecule has 0 heterocycles. The Kier molecular flexibility index (Phi) is 2.83. The van der Waals surface area contributed by atoms with E-state index in [-0.39, 0.29) is 5.54 Å². The maximum Gasteiger partial charge on any atom is 0.0197 e. The first-order chi connectivity index (χ1) is 7.07. The average Bonchev–Trinajstić information content (AvgIpc) is 2.45. The quantitative estimate of drug-likeness (QED) is 0.785. The van der Waals surface area contributed by atoms with Gasteiger partial charge in [-0.05, 0) is 44.1 Å². The Balaban J connectivity index is 2.08. The summed E-state index contributed by atoms with van der Waals surface area (Å²) in [6.45, 7) is 4.45. The smallest absolute Gasteiger partial charge is 0.0197 e. The van der Waals surface area contributed by atoms with Crippen molar-refractivity contribution < 1.29 is 0 Å². The lowest BCUT2D eigenvalue weighted by molar-refractivity contribution is 0.419. The van der Waals surface area contributed by atoms with Crippen molar-refractivity contribution in [3.8, 4) is 0 Å². The summed E-state index contributed by atoms with van der Waals surface area (Å²) in [5.74, 6) is 0.805. The summed E-state index contributed by atoms with van der Waals surface area (Å²) in [6, 6.07) is 8.73. The molecular formula is C14H21N. The number of rotatable bonds is 2. The lowest BCUT2D eigenvalue weighted by Crippen LogP contribution is -2.39. The predicted molar refractivity (Wildman–Crippen MR) is 64.8 cm³/mol. The second-order valence-electron chi connectivity index (χ2n) is 5.38. The van der Waals surface area contributed by atoms with Gasteiger partial charge in [0, 0.05) is 5.54 Å². The zero-order valence-electron chi connectivity index (χ0n) is 9.79. The number of hydrogen-bond donors (Lipinski definition) is 1. The Morgan fingerprint density at radius 3 is 2.87 bits per heavy atom. The second kappa shape index (κ2) is 3.97. The molecule has 1 saturated carbocycles. The average molecular weight is 203 g/mol. The monoisotopic (exact) mass is 203 g/mol. The SMILES string of the molecule is Cc1cccc(CC2(N)CCC(C)C2)c1. The van der Waals surface area contributed by atoms with Crippen molar-refractivity contribution in [3.63, 3.8) is 0 Å². The van der Waals surface area contributed by atoms with Crippen LogP contribution in [-0.4, -0.2) is 5.54 Å². The zero-order chi connectivity index (χ0) is 10.9. The number of hydrogen-bond acceptors (Lipinski definition) is 1. The van der Waals surface area contributed by atoms with Crippen LogP contribution in [0.15, 0.2) is 24.3 Å². The van der Waals surface area contributed by atoms with Crippen LogP contribution in [0, 0.1) is 12.8 Å². The summed E-state index contributed by atoms with van der Waals surface area (Å²) >= 11 is 0. The number of benzene rings is 1. The fraction of sp³-hybridized carbons (Fsp3) is 0.571. The molecule has 1 aromatic rings. The van der Waals surface area contributed by atoms with Crippen LogP contribution < -0.4 is 5.73 Å². The minimum atomic E-state index is 0.0627. The van der Waals surface area contributed by atoms with Gasteiger partial charge < -0.3 is 5.73 Å². The molecule has 15 heavy (non-hydrogen) atoms. The number of nitrogens with two attached hydrogens (primary N) is 1. The minimum absolute atomic E-state index is 0.0627. The van der Waals surface area contributed by atoms with E-state index in [2.05, 4.69) is 38.1 Å². The minimum Gasteiger partial charge on any atom is -0.325 e. The van der Waals surface area contributed by atoms with E-state index in [0.717, 1.165) is 12.3 Å². The molecule has 2 N–H and O–H groups in total. The van der Waals surface area contributed by atoms with E-state index in [0.29, 0.717) is 0 Å². The summed E-state index contributed by atoms with van der Waals surface area (Å²) in [7, 11) is 0. The van der Waals surface area contributed by atoms with Gasteiger partial charge in [-0.3, -0.25) is 0 Å². The maximum atomic E-state index is 6.43. The molecule has 82 valence electrons.